The summed E-state index contributed by atoms with van der Waals surface area (Å²) in [6, 6.07) is 10.7. The van der Waals surface area contributed by atoms with Crippen molar-refractivity contribution in [1.82, 2.24) is 0 Å². The summed E-state index contributed by atoms with van der Waals surface area (Å²) in [5.41, 5.74) is 0.237. The Bertz CT molecular complexity index is 969. The van der Waals surface area contributed by atoms with Crippen molar-refractivity contribution in [2.45, 2.75) is 6.92 Å². The fourth-order valence-electron chi connectivity index (χ4n) is 2.30. The molecule has 6 heteroatoms. The molecule has 0 radical (unpaired) electrons. The molecule has 0 spiro atoms. The topological polar surface area (TPSA) is 86.0 Å². The molecule has 122 valence electrons. The van der Waals surface area contributed by atoms with Crippen molar-refractivity contribution in [3.63, 3.8) is 0 Å². The van der Waals surface area contributed by atoms with Crippen molar-refractivity contribution in [2.75, 3.05) is 7.11 Å². The number of aryl methyl sites for hydroxylation is 1. The Morgan fingerprint density at radius 2 is 1.75 bits per heavy atom. The maximum atomic E-state index is 12.6. The van der Waals surface area contributed by atoms with Crippen molar-refractivity contribution in [3.05, 3.63) is 64.0 Å². The van der Waals surface area contributed by atoms with Crippen molar-refractivity contribution >= 4 is 16.9 Å². The van der Waals surface area contributed by atoms with E-state index in [-0.39, 0.29) is 16.7 Å². The van der Waals surface area contributed by atoms with Crippen molar-refractivity contribution in [3.8, 4) is 17.2 Å². The molecule has 0 bridgehead atoms. The van der Waals surface area contributed by atoms with Gasteiger partial charge in [0.15, 0.2) is 0 Å². The van der Waals surface area contributed by atoms with Gasteiger partial charge in [0.2, 0.25) is 11.2 Å². The molecule has 1 heterocycles. The van der Waals surface area contributed by atoms with Gasteiger partial charge in [-0.1, -0.05) is 0 Å². The van der Waals surface area contributed by atoms with Gasteiger partial charge in [0.1, 0.15) is 22.8 Å². The number of hydrogen-bond acceptors (Lipinski definition) is 5. The maximum Gasteiger partial charge on any atom is 0.335 e. The summed E-state index contributed by atoms with van der Waals surface area (Å²) in [5, 5.41) is 9.27. The highest BCUT2D eigenvalue weighted by molar-refractivity contribution is 5.87. The molecule has 0 saturated heterocycles. The molecule has 3 rings (SSSR count). The van der Waals surface area contributed by atoms with Crippen LogP contribution in [-0.4, -0.2) is 18.2 Å². The molecular weight excluding hydrogens is 312 g/mol. The van der Waals surface area contributed by atoms with Crippen LogP contribution in [0.25, 0.3) is 11.0 Å². The molecule has 2 aromatic carbocycles. The van der Waals surface area contributed by atoms with E-state index in [9.17, 15) is 9.59 Å². The summed E-state index contributed by atoms with van der Waals surface area (Å²) in [6.45, 7) is 1.63. The minimum Gasteiger partial charge on any atom is -0.497 e. The van der Waals surface area contributed by atoms with Gasteiger partial charge in [-0.2, -0.15) is 0 Å². The summed E-state index contributed by atoms with van der Waals surface area (Å²) < 4.78 is 16.4. The first-order chi connectivity index (χ1) is 11.5. The lowest BCUT2D eigenvalue weighted by atomic mass is 10.2. The van der Waals surface area contributed by atoms with Gasteiger partial charge in [0.25, 0.3) is 0 Å². The lowest BCUT2D eigenvalue weighted by Gasteiger charge is -2.09. The molecule has 0 amide bonds. The van der Waals surface area contributed by atoms with E-state index in [1.165, 1.54) is 31.4 Å². The molecule has 0 aliphatic heterocycles. The van der Waals surface area contributed by atoms with E-state index in [1.54, 1.807) is 25.1 Å². The van der Waals surface area contributed by atoms with E-state index in [0.29, 0.717) is 28.2 Å². The molecule has 24 heavy (non-hydrogen) atoms. The van der Waals surface area contributed by atoms with Gasteiger partial charge in [0.05, 0.1) is 18.1 Å². The summed E-state index contributed by atoms with van der Waals surface area (Å²) in [4.78, 5) is 23.5. The number of fused-ring (bicyclic) bond motifs is 1. The second-order valence-corrected chi connectivity index (χ2v) is 5.11. The summed E-state index contributed by atoms with van der Waals surface area (Å²) in [6.07, 6.45) is 0. The van der Waals surface area contributed by atoms with Gasteiger partial charge in [0, 0.05) is 6.07 Å². The van der Waals surface area contributed by atoms with Crippen LogP contribution in [0.5, 0.6) is 17.2 Å². The highest BCUT2D eigenvalue weighted by Gasteiger charge is 2.14. The van der Waals surface area contributed by atoms with Crippen LogP contribution in [0.15, 0.2) is 51.7 Å². The van der Waals surface area contributed by atoms with Gasteiger partial charge >= 0.3 is 5.97 Å². The molecule has 0 aliphatic carbocycles. The fourth-order valence-corrected chi connectivity index (χ4v) is 2.30. The van der Waals surface area contributed by atoms with Gasteiger partial charge in [-0.05, 0) is 43.3 Å². The number of carbonyl (C=O) groups is 1. The number of carboxylic acids is 1. The predicted molar refractivity (Wildman–Crippen MR) is 87.2 cm³/mol. The number of benzene rings is 2. The predicted octanol–water partition coefficient (Wildman–Crippen LogP) is 3.60. The van der Waals surface area contributed by atoms with Crippen LogP contribution in [0.3, 0.4) is 0 Å². The van der Waals surface area contributed by atoms with Gasteiger partial charge in [-0.15, -0.1) is 0 Å². The maximum absolute atomic E-state index is 12.6. The van der Waals surface area contributed by atoms with Crippen molar-refractivity contribution in [1.29, 1.82) is 0 Å². The SMILES string of the molecule is COc1ccc2c(=O)c(Oc3ccc(C(=O)O)cc3)c(C)oc2c1. The average Bonchev–Trinajstić information content (AvgIpc) is 2.58. The number of ether oxygens (including phenoxy) is 2. The highest BCUT2D eigenvalue weighted by atomic mass is 16.5. The van der Waals surface area contributed by atoms with E-state index < -0.39 is 5.97 Å². The number of methoxy groups -OCH3 is 1. The third-order valence-corrected chi connectivity index (χ3v) is 3.54. The quantitative estimate of drug-likeness (QED) is 0.788. The van der Waals surface area contributed by atoms with Crippen LogP contribution in [0.4, 0.5) is 0 Å². The van der Waals surface area contributed by atoms with Crippen LogP contribution in [0.2, 0.25) is 0 Å². The lowest BCUT2D eigenvalue weighted by Crippen LogP contribution is -2.07. The highest BCUT2D eigenvalue weighted by Crippen LogP contribution is 2.27. The first kappa shape index (κ1) is 15.6. The zero-order chi connectivity index (χ0) is 17.3. The Balaban J connectivity index is 2.03. The fraction of sp³-hybridized carbons (Fsp3) is 0.111. The smallest absolute Gasteiger partial charge is 0.335 e. The van der Waals surface area contributed by atoms with E-state index in [0.717, 1.165) is 0 Å². The standard InChI is InChI=1S/C18H14O6/c1-10-17(24-12-5-3-11(4-6-12)18(20)21)16(19)14-8-7-13(22-2)9-15(14)23-10/h3-9H,1-2H3,(H,20,21). The van der Waals surface area contributed by atoms with E-state index >= 15 is 0 Å². The Labute approximate surface area is 136 Å². The molecule has 1 N–H and O–H groups in total. The molecule has 6 nitrogen and oxygen atoms in total. The van der Waals surface area contributed by atoms with Crippen LogP contribution in [-0.2, 0) is 0 Å². The summed E-state index contributed by atoms with van der Waals surface area (Å²) >= 11 is 0. The van der Waals surface area contributed by atoms with Gasteiger partial charge < -0.3 is 19.0 Å². The second kappa shape index (κ2) is 6.08. The zero-order valence-electron chi connectivity index (χ0n) is 13.0. The molecule has 0 aliphatic rings. The first-order valence-electron chi connectivity index (χ1n) is 7.12. The summed E-state index contributed by atoms with van der Waals surface area (Å²) in [7, 11) is 1.53. The van der Waals surface area contributed by atoms with Gasteiger partial charge in [-0.3, -0.25) is 4.79 Å². The molecule has 0 atom stereocenters. The van der Waals surface area contributed by atoms with Crippen LogP contribution < -0.4 is 14.9 Å². The van der Waals surface area contributed by atoms with E-state index in [1.807, 2.05) is 0 Å². The van der Waals surface area contributed by atoms with Crippen LogP contribution in [0.1, 0.15) is 16.1 Å². The number of rotatable bonds is 4. The number of carboxylic acid groups (broad SMARTS) is 1. The Morgan fingerprint density at radius 1 is 1.08 bits per heavy atom. The molecule has 0 saturated carbocycles. The Morgan fingerprint density at radius 3 is 2.38 bits per heavy atom. The third-order valence-electron chi connectivity index (χ3n) is 3.54. The normalized spacial score (nSPS) is 10.6. The van der Waals surface area contributed by atoms with Crippen molar-refractivity contribution in [2.24, 2.45) is 0 Å². The monoisotopic (exact) mass is 326 g/mol. The largest absolute Gasteiger partial charge is 0.497 e. The zero-order valence-corrected chi connectivity index (χ0v) is 13.0. The second-order valence-electron chi connectivity index (χ2n) is 5.11. The van der Waals surface area contributed by atoms with E-state index in [4.69, 9.17) is 19.0 Å². The van der Waals surface area contributed by atoms with Gasteiger partial charge in [-0.25, -0.2) is 4.79 Å². The Kier molecular flexibility index (Phi) is 3.95. The Hall–Kier alpha value is -3.28. The van der Waals surface area contributed by atoms with Crippen molar-refractivity contribution < 1.29 is 23.8 Å². The summed E-state index contributed by atoms with van der Waals surface area (Å²) in [5.74, 6) is 0.293. The molecule has 3 aromatic rings. The molecule has 0 unspecified atom stereocenters. The minimum atomic E-state index is -1.03. The average molecular weight is 326 g/mol. The molecule has 1 aromatic heterocycles. The molecular formula is C18H14O6. The van der Waals surface area contributed by atoms with E-state index in [2.05, 4.69) is 0 Å². The van der Waals surface area contributed by atoms with Crippen LogP contribution >= 0.6 is 0 Å². The minimum absolute atomic E-state index is 0.0655. The lowest BCUT2D eigenvalue weighted by molar-refractivity contribution is 0.0697. The van der Waals surface area contributed by atoms with Crippen LogP contribution in [0, 0.1) is 6.92 Å². The third kappa shape index (κ3) is 2.81. The number of hydrogen-bond donors (Lipinski definition) is 1. The molecule has 0 fully saturated rings. The first-order valence-corrected chi connectivity index (χ1v) is 7.12. The number of aromatic carboxylic acids is 1.